The third kappa shape index (κ3) is 3.96. The lowest BCUT2D eigenvalue weighted by Crippen LogP contribution is -2.09. The summed E-state index contributed by atoms with van der Waals surface area (Å²) in [5, 5.41) is 23.9. The second-order valence-corrected chi connectivity index (χ2v) is 7.47. The predicted octanol–water partition coefficient (Wildman–Crippen LogP) is 3.98. The van der Waals surface area contributed by atoms with Gasteiger partial charge >= 0.3 is 5.97 Å². The molecule has 9 nitrogen and oxygen atoms in total. The number of halogens is 1. The van der Waals surface area contributed by atoms with E-state index in [9.17, 15) is 14.3 Å². The van der Waals surface area contributed by atoms with Gasteiger partial charge in [-0.25, -0.2) is 9.18 Å². The number of alkyl halides is 1. The molecule has 2 N–H and O–H groups in total. The van der Waals surface area contributed by atoms with Crippen molar-refractivity contribution in [3.8, 4) is 28.5 Å². The molecule has 0 bridgehead atoms. The highest BCUT2D eigenvalue weighted by Gasteiger charge is 2.19. The van der Waals surface area contributed by atoms with Crippen LogP contribution in [0.3, 0.4) is 0 Å². The molecule has 0 amide bonds. The third-order valence-electron chi connectivity index (χ3n) is 5.39. The first kappa shape index (κ1) is 21.3. The first-order valence-electron chi connectivity index (χ1n) is 10.5. The average Bonchev–Trinajstić information content (AvgIpc) is 3.52. The van der Waals surface area contributed by atoms with E-state index in [0.29, 0.717) is 23.4 Å². The molecule has 3 aromatic carbocycles. The Labute approximate surface area is 192 Å². The van der Waals surface area contributed by atoms with Gasteiger partial charge in [0, 0.05) is 5.56 Å². The van der Waals surface area contributed by atoms with Crippen LogP contribution in [-0.4, -0.2) is 54.5 Å². The van der Waals surface area contributed by atoms with Gasteiger partial charge in [0.25, 0.3) is 6.01 Å². The summed E-state index contributed by atoms with van der Waals surface area (Å²) in [6.45, 7) is -0.545. The lowest BCUT2D eigenvalue weighted by atomic mass is 9.98. The SMILES string of the molecule is O=C(O)c1cccc2nc(OCCF)n(Cc3ccc(-c4ccccc4-c4nn[nH]n4)cc3)c12. The second-order valence-electron chi connectivity index (χ2n) is 7.47. The van der Waals surface area contributed by atoms with E-state index in [1.807, 2.05) is 48.5 Å². The molecule has 0 aliphatic rings. The first-order chi connectivity index (χ1) is 16.7. The summed E-state index contributed by atoms with van der Waals surface area (Å²) in [7, 11) is 0. The van der Waals surface area contributed by atoms with Gasteiger partial charge < -0.3 is 9.84 Å². The molecule has 34 heavy (non-hydrogen) atoms. The number of tetrazole rings is 1. The van der Waals surface area contributed by atoms with Crippen LogP contribution in [-0.2, 0) is 6.54 Å². The number of aromatic carboxylic acids is 1. The third-order valence-corrected chi connectivity index (χ3v) is 5.39. The van der Waals surface area contributed by atoms with E-state index < -0.39 is 12.6 Å². The number of carboxylic acid groups (broad SMARTS) is 1. The molecule has 0 aliphatic carbocycles. The van der Waals surface area contributed by atoms with Crippen LogP contribution in [0.5, 0.6) is 6.01 Å². The van der Waals surface area contributed by atoms with E-state index in [-0.39, 0.29) is 18.2 Å². The Morgan fingerprint density at radius 3 is 2.53 bits per heavy atom. The molecule has 0 atom stereocenters. The maximum absolute atomic E-state index is 12.8. The number of rotatable bonds is 8. The minimum Gasteiger partial charge on any atom is -0.478 e. The van der Waals surface area contributed by atoms with Crippen LogP contribution >= 0.6 is 0 Å². The zero-order valence-electron chi connectivity index (χ0n) is 17.8. The fourth-order valence-corrected chi connectivity index (χ4v) is 3.90. The number of aromatic nitrogens is 6. The van der Waals surface area contributed by atoms with Crippen LogP contribution in [0.4, 0.5) is 4.39 Å². The molecule has 0 spiro atoms. The number of H-pyrrole nitrogens is 1. The largest absolute Gasteiger partial charge is 0.478 e. The normalized spacial score (nSPS) is 11.1. The van der Waals surface area contributed by atoms with E-state index >= 15 is 0 Å². The lowest BCUT2D eigenvalue weighted by Gasteiger charge is -2.12. The molecule has 170 valence electrons. The number of hydrogen-bond acceptors (Lipinski definition) is 6. The highest BCUT2D eigenvalue weighted by molar-refractivity contribution is 6.01. The number of benzene rings is 3. The number of hydrogen-bond donors (Lipinski definition) is 2. The summed E-state index contributed by atoms with van der Waals surface area (Å²) >= 11 is 0. The van der Waals surface area contributed by atoms with Gasteiger partial charge in [0.15, 0.2) is 0 Å². The number of nitrogens with zero attached hydrogens (tertiary/aromatic N) is 5. The van der Waals surface area contributed by atoms with E-state index in [2.05, 4.69) is 25.6 Å². The Bertz CT molecular complexity index is 1450. The van der Waals surface area contributed by atoms with Crippen LogP contribution in [0.15, 0.2) is 66.7 Å². The Morgan fingerprint density at radius 2 is 1.82 bits per heavy atom. The molecule has 10 heteroatoms. The number of ether oxygens (including phenoxy) is 1. The topological polar surface area (TPSA) is 119 Å². The molecule has 0 radical (unpaired) electrons. The maximum atomic E-state index is 12.8. The van der Waals surface area contributed by atoms with Gasteiger partial charge in [0.2, 0.25) is 5.82 Å². The minimum absolute atomic E-state index is 0.103. The Hall–Kier alpha value is -4.60. The molecule has 5 rings (SSSR count). The fourth-order valence-electron chi connectivity index (χ4n) is 3.90. The average molecular weight is 458 g/mol. The highest BCUT2D eigenvalue weighted by Crippen LogP contribution is 2.31. The van der Waals surface area contributed by atoms with Crippen molar-refractivity contribution in [3.05, 3.63) is 77.9 Å². The summed E-state index contributed by atoms with van der Waals surface area (Å²) in [6, 6.07) is 20.6. The number of imidazole rings is 1. The van der Waals surface area contributed by atoms with Crippen molar-refractivity contribution in [2.24, 2.45) is 0 Å². The molecule has 0 saturated carbocycles. The van der Waals surface area contributed by atoms with Gasteiger partial charge in [-0.1, -0.05) is 54.6 Å². The molecule has 0 unspecified atom stereocenters. The van der Waals surface area contributed by atoms with Crippen molar-refractivity contribution in [2.45, 2.75) is 6.54 Å². The maximum Gasteiger partial charge on any atom is 0.337 e. The van der Waals surface area contributed by atoms with Crippen molar-refractivity contribution < 1.29 is 19.0 Å². The quantitative estimate of drug-likeness (QED) is 0.361. The molecule has 0 fully saturated rings. The lowest BCUT2D eigenvalue weighted by molar-refractivity contribution is 0.0698. The number of nitrogens with one attached hydrogen (secondary N) is 1. The standard InChI is InChI=1S/C24H19FN6O3/c25-12-13-34-24-26-20-7-3-6-19(23(32)33)21(20)31(24)14-15-8-10-16(11-9-15)17-4-1-2-5-18(17)22-27-29-30-28-22/h1-11H,12-14H2,(H,32,33)(H,27,28,29,30). The number of carboxylic acids is 1. The number of carbonyl (C=O) groups is 1. The number of aromatic amines is 1. The van der Waals surface area contributed by atoms with Crippen LogP contribution in [0, 0.1) is 0 Å². The zero-order chi connectivity index (χ0) is 23.5. The molecule has 2 aromatic heterocycles. The van der Waals surface area contributed by atoms with Gasteiger partial charge in [-0.2, -0.15) is 10.2 Å². The Kier molecular flexibility index (Phi) is 5.69. The van der Waals surface area contributed by atoms with Crippen LogP contribution in [0.1, 0.15) is 15.9 Å². The smallest absolute Gasteiger partial charge is 0.337 e. The van der Waals surface area contributed by atoms with Crippen molar-refractivity contribution in [2.75, 3.05) is 13.3 Å². The highest BCUT2D eigenvalue weighted by atomic mass is 19.1. The van der Waals surface area contributed by atoms with Crippen molar-refractivity contribution in [1.29, 1.82) is 0 Å². The molecular formula is C24H19FN6O3. The number of para-hydroxylation sites is 1. The molecule has 5 aromatic rings. The molecule has 0 aliphatic heterocycles. The first-order valence-corrected chi connectivity index (χ1v) is 10.5. The van der Waals surface area contributed by atoms with Crippen molar-refractivity contribution >= 4 is 17.0 Å². The summed E-state index contributed by atoms with van der Waals surface area (Å²) in [6.07, 6.45) is 0. The van der Waals surface area contributed by atoms with E-state index in [0.717, 1.165) is 22.3 Å². The Balaban J connectivity index is 1.52. The predicted molar refractivity (Wildman–Crippen MR) is 122 cm³/mol. The monoisotopic (exact) mass is 458 g/mol. The van der Waals surface area contributed by atoms with Gasteiger partial charge in [-0.05, 0) is 34.0 Å². The van der Waals surface area contributed by atoms with Crippen LogP contribution in [0.25, 0.3) is 33.5 Å². The Morgan fingerprint density at radius 1 is 1.03 bits per heavy atom. The van der Waals surface area contributed by atoms with Crippen LogP contribution < -0.4 is 4.74 Å². The molecule has 2 heterocycles. The van der Waals surface area contributed by atoms with Crippen molar-refractivity contribution in [3.63, 3.8) is 0 Å². The summed E-state index contributed by atoms with van der Waals surface area (Å²) in [4.78, 5) is 16.2. The van der Waals surface area contributed by atoms with E-state index in [4.69, 9.17) is 4.74 Å². The van der Waals surface area contributed by atoms with E-state index in [1.54, 1.807) is 16.7 Å². The molecule has 0 saturated heterocycles. The van der Waals surface area contributed by atoms with E-state index in [1.165, 1.54) is 6.07 Å². The van der Waals surface area contributed by atoms with Gasteiger partial charge in [0.05, 0.1) is 23.1 Å². The second kappa shape index (κ2) is 9.10. The minimum atomic E-state index is -1.07. The van der Waals surface area contributed by atoms with Crippen LogP contribution in [0.2, 0.25) is 0 Å². The zero-order valence-corrected chi connectivity index (χ0v) is 17.8. The van der Waals surface area contributed by atoms with Gasteiger partial charge in [-0.15, -0.1) is 10.2 Å². The molecular weight excluding hydrogens is 439 g/mol. The van der Waals surface area contributed by atoms with Gasteiger partial charge in [-0.3, -0.25) is 4.57 Å². The summed E-state index contributed by atoms with van der Waals surface area (Å²) in [5.41, 5.74) is 4.65. The number of fused-ring (bicyclic) bond motifs is 1. The fraction of sp³-hybridized carbons (Fsp3) is 0.125. The summed E-state index contributed by atoms with van der Waals surface area (Å²) in [5.74, 6) is -0.572. The van der Waals surface area contributed by atoms with Gasteiger partial charge in [0.1, 0.15) is 13.3 Å². The summed E-state index contributed by atoms with van der Waals surface area (Å²) < 4.78 is 19.9. The van der Waals surface area contributed by atoms with Crippen molar-refractivity contribution in [1.82, 2.24) is 30.2 Å².